The highest BCUT2D eigenvalue weighted by Gasteiger charge is 2.45. The van der Waals surface area contributed by atoms with Crippen LogP contribution in [0.4, 0.5) is 15.4 Å². The normalized spacial score (nSPS) is 21.4. The number of nitrogens with zero attached hydrogens (tertiary/aromatic N) is 8. The van der Waals surface area contributed by atoms with Crippen molar-refractivity contribution in [3.63, 3.8) is 0 Å². The first-order valence-corrected chi connectivity index (χ1v) is 23.8. The zero-order chi connectivity index (χ0) is 43.7. The van der Waals surface area contributed by atoms with Crippen molar-refractivity contribution in [2.45, 2.75) is 51.1 Å². The Morgan fingerprint density at radius 2 is 1.22 bits per heavy atom. The maximum atomic E-state index is 13.5. The molecule has 4 amide bonds. The molecule has 9 rings (SSSR count). The average Bonchev–Trinajstić information content (AvgIpc) is 4.19. The third-order valence-electron chi connectivity index (χ3n) is 12.0. The largest absolute Gasteiger partial charge is 0.445 e. The van der Waals surface area contributed by atoms with Gasteiger partial charge in [-0.3, -0.25) is 29.1 Å². The van der Waals surface area contributed by atoms with Crippen LogP contribution >= 0.6 is 23.5 Å². The van der Waals surface area contributed by atoms with Crippen molar-refractivity contribution in [1.29, 1.82) is 0 Å². The van der Waals surface area contributed by atoms with Gasteiger partial charge in [0.05, 0.1) is 29.7 Å². The fourth-order valence-corrected chi connectivity index (χ4v) is 10.5. The molecule has 0 bridgehead atoms. The van der Waals surface area contributed by atoms with Crippen LogP contribution in [0.3, 0.4) is 0 Å². The second-order valence-corrected chi connectivity index (χ2v) is 18.4. The lowest BCUT2D eigenvalue weighted by Crippen LogP contribution is -2.51. The minimum atomic E-state index is -0.718. The van der Waals surface area contributed by atoms with E-state index in [2.05, 4.69) is 28.0 Å². The van der Waals surface area contributed by atoms with Crippen molar-refractivity contribution in [2.24, 2.45) is 0 Å². The SMILES string of the molecule is Cc1cc(N2CCN([C@H]3C[C@@H](C(=O)N4CCSC4)N(C(=O)OCc4ccccc4)C3)CC2)n(-c2ccccc2)n1.O=C1C[C@@H](C(=O)N2CCSC2)N(C(=O)OCc2ccccc2)C1. The first-order chi connectivity index (χ1) is 30.7. The van der Waals surface area contributed by atoms with E-state index in [9.17, 15) is 24.0 Å². The predicted octanol–water partition coefficient (Wildman–Crippen LogP) is 5.11. The number of Topliss-reactive ketones (excluding diaryl/α,β-unsaturated/α-hetero) is 1. The minimum Gasteiger partial charge on any atom is -0.445 e. The van der Waals surface area contributed by atoms with Crippen LogP contribution in [0.1, 0.15) is 29.7 Å². The molecular formula is C46H54N8O7S2. The molecule has 0 radical (unpaired) electrons. The fraction of sp³-hybridized carbons (Fsp3) is 0.435. The number of aryl methyl sites for hydroxylation is 1. The summed E-state index contributed by atoms with van der Waals surface area (Å²) >= 11 is 3.43. The summed E-state index contributed by atoms with van der Waals surface area (Å²) in [7, 11) is 0. The number of ketones is 1. The Kier molecular flexibility index (Phi) is 14.5. The third kappa shape index (κ3) is 10.8. The molecule has 5 aliphatic heterocycles. The number of likely N-dealkylation sites (tertiary alicyclic amines) is 2. The molecule has 5 aliphatic rings. The fourth-order valence-electron chi connectivity index (χ4n) is 8.61. The number of carbonyl (C=O) groups is 5. The summed E-state index contributed by atoms with van der Waals surface area (Å²) in [6.45, 7) is 7.65. The topological polar surface area (TPSA) is 141 Å². The van der Waals surface area contributed by atoms with Crippen LogP contribution in [-0.2, 0) is 37.1 Å². The van der Waals surface area contributed by atoms with E-state index in [1.165, 1.54) is 4.90 Å². The Bertz CT molecular complexity index is 2200. The van der Waals surface area contributed by atoms with Crippen LogP contribution in [0.25, 0.3) is 5.69 Å². The molecule has 6 heterocycles. The predicted molar refractivity (Wildman–Crippen MR) is 242 cm³/mol. The number of anilines is 1. The number of benzene rings is 3. The highest BCUT2D eigenvalue weighted by atomic mass is 32.2. The molecule has 0 N–H and O–H groups in total. The molecule has 332 valence electrons. The van der Waals surface area contributed by atoms with Gasteiger partial charge < -0.3 is 24.2 Å². The lowest BCUT2D eigenvalue weighted by atomic mass is 10.1. The molecule has 3 atom stereocenters. The van der Waals surface area contributed by atoms with Crippen LogP contribution in [0.15, 0.2) is 97.1 Å². The molecule has 5 saturated heterocycles. The van der Waals surface area contributed by atoms with Gasteiger partial charge in [0.25, 0.3) is 0 Å². The van der Waals surface area contributed by atoms with E-state index in [0.29, 0.717) is 31.3 Å². The van der Waals surface area contributed by atoms with Gasteiger partial charge in [-0.15, -0.1) is 23.5 Å². The number of hydrogen-bond acceptors (Lipinski definition) is 12. The van der Waals surface area contributed by atoms with Crippen LogP contribution in [0.2, 0.25) is 0 Å². The smallest absolute Gasteiger partial charge is 0.411 e. The Morgan fingerprint density at radius 1 is 0.683 bits per heavy atom. The quantitative estimate of drug-likeness (QED) is 0.221. The highest BCUT2D eigenvalue weighted by molar-refractivity contribution is 7.99. The number of piperazine rings is 1. The van der Waals surface area contributed by atoms with E-state index in [-0.39, 0.29) is 49.8 Å². The zero-order valence-corrected chi connectivity index (χ0v) is 37.2. The summed E-state index contributed by atoms with van der Waals surface area (Å²) in [6.07, 6.45) is -0.288. The van der Waals surface area contributed by atoms with Crippen LogP contribution in [0.5, 0.6) is 0 Å². The van der Waals surface area contributed by atoms with Gasteiger partial charge in [0.1, 0.15) is 31.1 Å². The maximum Gasteiger partial charge on any atom is 0.411 e. The second-order valence-electron chi connectivity index (χ2n) is 16.2. The number of aromatic nitrogens is 2. The van der Waals surface area contributed by atoms with Crippen molar-refractivity contribution in [3.05, 3.63) is 114 Å². The molecule has 3 aromatic carbocycles. The van der Waals surface area contributed by atoms with E-state index in [4.69, 9.17) is 14.6 Å². The maximum absolute atomic E-state index is 13.5. The number of carbonyl (C=O) groups excluding carboxylic acids is 5. The van der Waals surface area contributed by atoms with Gasteiger partial charge in [0, 0.05) is 75.8 Å². The molecule has 15 nitrogen and oxygen atoms in total. The monoisotopic (exact) mass is 894 g/mol. The van der Waals surface area contributed by atoms with Gasteiger partial charge in [-0.05, 0) is 36.6 Å². The molecule has 4 aromatic rings. The third-order valence-corrected chi connectivity index (χ3v) is 13.9. The van der Waals surface area contributed by atoms with Crippen molar-refractivity contribution < 1.29 is 33.4 Å². The van der Waals surface area contributed by atoms with E-state index in [0.717, 1.165) is 72.6 Å². The molecule has 5 fully saturated rings. The Hall–Kier alpha value is -5.52. The van der Waals surface area contributed by atoms with E-state index in [1.807, 2.05) is 95.4 Å². The number of para-hydroxylation sites is 1. The Balaban J connectivity index is 0.000000201. The van der Waals surface area contributed by atoms with E-state index in [1.54, 1.807) is 33.3 Å². The van der Waals surface area contributed by atoms with Crippen LogP contribution < -0.4 is 4.90 Å². The molecule has 0 spiro atoms. The Morgan fingerprint density at radius 3 is 1.78 bits per heavy atom. The second kappa shape index (κ2) is 20.8. The molecule has 0 saturated carbocycles. The number of amides is 4. The summed E-state index contributed by atoms with van der Waals surface area (Å²) in [4.78, 5) is 74.6. The molecular weight excluding hydrogens is 841 g/mol. The van der Waals surface area contributed by atoms with Gasteiger partial charge >= 0.3 is 12.2 Å². The van der Waals surface area contributed by atoms with Crippen molar-refractivity contribution in [1.82, 2.24) is 34.3 Å². The molecule has 17 heteroatoms. The van der Waals surface area contributed by atoms with E-state index >= 15 is 0 Å². The highest BCUT2D eigenvalue weighted by Crippen LogP contribution is 2.30. The van der Waals surface area contributed by atoms with Crippen LogP contribution in [0, 0.1) is 6.92 Å². The average molecular weight is 895 g/mol. The minimum absolute atomic E-state index is 0.0463. The molecule has 1 aromatic heterocycles. The van der Waals surface area contributed by atoms with Gasteiger partial charge in [0.15, 0.2) is 5.78 Å². The summed E-state index contributed by atoms with van der Waals surface area (Å²) in [5.41, 5.74) is 3.84. The molecule has 63 heavy (non-hydrogen) atoms. The van der Waals surface area contributed by atoms with E-state index < -0.39 is 24.3 Å². The molecule has 0 unspecified atom stereocenters. The van der Waals surface area contributed by atoms with Crippen molar-refractivity contribution in [2.75, 3.05) is 80.5 Å². The first kappa shape index (κ1) is 44.1. The standard InChI is InChI=1S/C30H36N6O3S.C16H18N2O4S/c1-23-18-28(36(31-23)25-10-6-3-7-11-25)33-14-12-32(13-15-33)26-19-27(29(37)34-16-17-40-22-34)35(20-26)30(38)39-21-24-8-4-2-5-9-24;19-13-8-14(15(20)17-6-7-23-11-17)18(9-13)16(21)22-10-12-4-2-1-3-5-12/h2-11,18,26-27H,12-17,19-22H2,1H3;1-5,14H,6-11H2/t26-,27-;14-/m00/s1. The summed E-state index contributed by atoms with van der Waals surface area (Å²) in [5, 5.41) is 4.75. The van der Waals surface area contributed by atoms with Gasteiger partial charge in [0.2, 0.25) is 11.8 Å². The zero-order valence-electron chi connectivity index (χ0n) is 35.5. The summed E-state index contributed by atoms with van der Waals surface area (Å²) in [5.74, 6) is 4.04. The van der Waals surface area contributed by atoms with Gasteiger partial charge in [-0.2, -0.15) is 5.10 Å². The first-order valence-electron chi connectivity index (χ1n) is 21.5. The van der Waals surface area contributed by atoms with Crippen molar-refractivity contribution in [3.8, 4) is 5.69 Å². The number of thioether (sulfide) groups is 2. The number of rotatable bonds is 9. The van der Waals surface area contributed by atoms with Crippen LogP contribution in [-0.4, -0.2) is 158 Å². The number of hydrogen-bond donors (Lipinski definition) is 0. The lowest BCUT2D eigenvalue weighted by molar-refractivity contribution is -0.134. The summed E-state index contributed by atoms with van der Waals surface area (Å²) < 4.78 is 13.0. The molecule has 0 aliphatic carbocycles. The number of ether oxygens (including phenoxy) is 2. The van der Waals surface area contributed by atoms with Crippen molar-refractivity contribution >= 4 is 59.1 Å². The lowest BCUT2D eigenvalue weighted by Gasteiger charge is -2.38. The Labute approximate surface area is 376 Å². The van der Waals surface area contributed by atoms with Gasteiger partial charge in [-0.25, -0.2) is 14.3 Å². The summed E-state index contributed by atoms with van der Waals surface area (Å²) in [6, 6.07) is 30.3. The van der Waals surface area contributed by atoms with Gasteiger partial charge in [-0.1, -0.05) is 78.9 Å².